The number of fused-ring (bicyclic) bond motifs is 1. The lowest BCUT2D eigenvalue weighted by Gasteiger charge is -2.24. The van der Waals surface area contributed by atoms with Crippen LogP contribution in [0.1, 0.15) is 11.1 Å². The Morgan fingerprint density at radius 2 is 1.52 bits per heavy atom. The number of ether oxygens (including phenoxy) is 3. The fraction of sp³-hybridized carbons (Fsp3) is 0.200. The first-order valence-corrected chi connectivity index (χ1v) is 8.13. The Hall–Kier alpha value is -3.16. The third-order valence-corrected chi connectivity index (χ3v) is 4.88. The van der Waals surface area contributed by atoms with Crippen LogP contribution in [0.15, 0.2) is 54.3 Å². The molecule has 0 spiro atoms. The SMILES string of the molecule is COC1=C(c2ccc(O)cc2)C(=O)[C@]2(O)O[C@]2(c2ccc(OC)cc2)C1=O. The van der Waals surface area contributed by atoms with Crippen molar-refractivity contribution in [3.8, 4) is 11.5 Å². The van der Waals surface area contributed by atoms with Gasteiger partial charge in [0.25, 0.3) is 5.79 Å². The summed E-state index contributed by atoms with van der Waals surface area (Å²) < 4.78 is 15.7. The first-order valence-electron chi connectivity index (χ1n) is 8.13. The maximum Gasteiger partial charge on any atom is 0.275 e. The van der Waals surface area contributed by atoms with Gasteiger partial charge in [0.05, 0.1) is 19.8 Å². The van der Waals surface area contributed by atoms with E-state index in [0.717, 1.165) is 0 Å². The zero-order valence-electron chi connectivity index (χ0n) is 14.6. The highest BCUT2D eigenvalue weighted by molar-refractivity contribution is 6.36. The van der Waals surface area contributed by atoms with E-state index in [1.807, 2.05) is 0 Å². The van der Waals surface area contributed by atoms with E-state index in [9.17, 15) is 19.8 Å². The number of hydrogen-bond acceptors (Lipinski definition) is 7. The third-order valence-electron chi connectivity index (χ3n) is 4.88. The van der Waals surface area contributed by atoms with Gasteiger partial charge in [-0.15, -0.1) is 0 Å². The number of benzene rings is 2. The van der Waals surface area contributed by atoms with Gasteiger partial charge in [-0.1, -0.05) is 24.3 Å². The molecule has 4 rings (SSSR count). The molecule has 0 unspecified atom stereocenters. The number of ketones is 2. The molecule has 0 saturated carbocycles. The number of aliphatic hydroxyl groups is 1. The van der Waals surface area contributed by atoms with Crippen LogP contribution in [0.2, 0.25) is 0 Å². The number of carbonyl (C=O) groups excluding carboxylic acids is 2. The van der Waals surface area contributed by atoms with Gasteiger partial charge in [-0.25, -0.2) is 0 Å². The normalized spacial score (nSPS) is 26.6. The number of methoxy groups -OCH3 is 2. The summed E-state index contributed by atoms with van der Waals surface area (Å²) in [5, 5.41) is 20.3. The lowest BCUT2D eigenvalue weighted by atomic mass is 9.77. The molecule has 2 aromatic carbocycles. The van der Waals surface area contributed by atoms with Gasteiger partial charge in [-0.05, 0) is 35.4 Å². The second-order valence-corrected chi connectivity index (χ2v) is 6.27. The molecule has 1 aliphatic heterocycles. The van der Waals surface area contributed by atoms with E-state index in [1.54, 1.807) is 24.3 Å². The molecule has 2 atom stereocenters. The number of phenols is 1. The maximum atomic E-state index is 13.2. The summed E-state index contributed by atoms with van der Waals surface area (Å²) in [4.78, 5) is 26.2. The summed E-state index contributed by atoms with van der Waals surface area (Å²) >= 11 is 0. The fourth-order valence-corrected chi connectivity index (χ4v) is 3.44. The number of Topliss-reactive ketones (excluding diaryl/α,β-unsaturated/α-hetero) is 2. The molecule has 2 N–H and O–H groups in total. The summed E-state index contributed by atoms with van der Waals surface area (Å²) in [7, 11) is 2.78. The van der Waals surface area contributed by atoms with Gasteiger partial charge < -0.3 is 24.4 Å². The largest absolute Gasteiger partial charge is 0.508 e. The van der Waals surface area contributed by atoms with E-state index < -0.39 is 23.0 Å². The molecule has 2 aliphatic rings. The van der Waals surface area contributed by atoms with E-state index in [4.69, 9.17) is 14.2 Å². The third kappa shape index (κ3) is 2.16. The van der Waals surface area contributed by atoms with Crippen molar-refractivity contribution >= 4 is 17.1 Å². The highest BCUT2D eigenvalue weighted by atomic mass is 16.8. The van der Waals surface area contributed by atoms with Crippen LogP contribution in [0.4, 0.5) is 0 Å². The Bertz CT molecular complexity index is 974. The van der Waals surface area contributed by atoms with Gasteiger partial charge in [0.15, 0.2) is 5.76 Å². The summed E-state index contributed by atoms with van der Waals surface area (Å²) in [6.07, 6.45) is 0. The van der Waals surface area contributed by atoms with Crippen LogP contribution in [0, 0.1) is 0 Å². The number of epoxide rings is 1. The van der Waals surface area contributed by atoms with Crippen molar-refractivity contribution in [2.24, 2.45) is 0 Å². The van der Waals surface area contributed by atoms with Gasteiger partial charge in [0, 0.05) is 0 Å². The van der Waals surface area contributed by atoms with Crippen molar-refractivity contribution in [3.05, 3.63) is 65.4 Å². The molecule has 0 amide bonds. The van der Waals surface area contributed by atoms with Gasteiger partial charge in [-0.3, -0.25) is 9.59 Å². The number of rotatable bonds is 4. The molecule has 0 radical (unpaired) electrons. The van der Waals surface area contributed by atoms with Crippen molar-refractivity contribution in [1.82, 2.24) is 0 Å². The van der Waals surface area contributed by atoms with Crippen molar-refractivity contribution in [3.63, 3.8) is 0 Å². The van der Waals surface area contributed by atoms with Crippen molar-refractivity contribution < 1.29 is 34.0 Å². The zero-order chi connectivity index (χ0) is 19.4. The van der Waals surface area contributed by atoms with Crippen LogP contribution >= 0.6 is 0 Å². The second kappa shape index (κ2) is 5.67. The minimum absolute atomic E-state index is 0.00173. The van der Waals surface area contributed by atoms with E-state index >= 15 is 0 Å². The predicted molar refractivity (Wildman–Crippen MR) is 92.8 cm³/mol. The Morgan fingerprint density at radius 3 is 2.07 bits per heavy atom. The van der Waals surface area contributed by atoms with Crippen LogP contribution in [-0.4, -0.2) is 41.8 Å². The fourth-order valence-electron chi connectivity index (χ4n) is 3.44. The highest BCUT2D eigenvalue weighted by Gasteiger charge is 2.83. The Morgan fingerprint density at radius 1 is 0.889 bits per heavy atom. The first-order chi connectivity index (χ1) is 12.9. The van der Waals surface area contributed by atoms with Crippen molar-refractivity contribution in [1.29, 1.82) is 0 Å². The lowest BCUT2D eigenvalue weighted by Crippen LogP contribution is -2.44. The molecule has 7 nitrogen and oxygen atoms in total. The molecule has 2 aromatic rings. The van der Waals surface area contributed by atoms with Gasteiger partial charge in [0.1, 0.15) is 11.5 Å². The molecule has 27 heavy (non-hydrogen) atoms. The average molecular weight is 368 g/mol. The molecule has 138 valence electrons. The molecule has 1 aliphatic carbocycles. The van der Waals surface area contributed by atoms with Crippen LogP contribution in [0.3, 0.4) is 0 Å². The smallest absolute Gasteiger partial charge is 0.275 e. The molecule has 1 saturated heterocycles. The standard InChI is InChI=1S/C20H16O7/c1-25-14-9-5-12(6-10-14)19-18(23)16(26-2)15(17(22)20(19,24)27-19)11-3-7-13(21)8-4-11/h3-10,21,24H,1-2H3/t19-,20+/m1/s1. The molecule has 0 bridgehead atoms. The van der Waals surface area contributed by atoms with E-state index in [0.29, 0.717) is 16.9 Å². The topological polar surface area (TPSA) is 106 Å². The number of phenolic OH excluding ortho intramolecular Hbond substituents is 1. The monoisotopic (exact) mass is 368 g/mol. The Balaban J connectivity index is 1.87. The van der Waals surface area contributed by atoms with Crippen molar-refractivity contribution in [2.75, 3.05) is 14.2 Å². The number of hydrogen-bond donors (Lipinski definition) is 2. The summed E-state index contributed by atoms with van der Waals surface area (Å²) in [5.74, 6) is -3.39. The highest BCUT2D eigenvalue weighted by Crippen LogP contribution is 2.61. The zero-order valence-corrected chi connectivity index (χ0v) is 14.6. The maximum absolute atomic E-state index is 13.2. The Labute approximate surface area is 154 Å². The van der Waals surface area contributed by atoms with Gasteiger partial charge >= 0.3 is 0 Å². The van der Waals surface area contributed by atoms with E-state index in [2.05, 4.69) is 0 Å². The quantitative estimate of drug-likeness (QED) is 0.788. The molecular formula is C20H16O7. The van der Waals surface area contributed by atoms with Gasteiger partial charge in [0.2, 0.25) is 17.2 Å². The van der Waals surface area contributed by atoms with Crippen LogP contribution in [0.25, 0.3) is 5.57 Å². The van der Waals surface area contributed by atoms with Crippen molar-refractivity contribution in [2.45, 2.75) is 11.4 Å². The lowest BCUT2D eigenvalue weighted by molar-refractivity contribution is -0.134. The van der Waals surface area contributed by atoms with E-state index in [1.165, 1.54) is 38.5 Å². The summed E-state index contributed by atoms with van der Waals surface area (Å²) in [6, 6.07) is 12.0. The predicted octanol–water partition coefficient (Wildman–Crippen LogP) is 1.52. The molecule has 7 heteroatoms. The number of carbonyl (C=O) groups is 2. The minimum Gasteiger partial charge on any atom is -0.508 e. The molecule has 0 aromatic heterocycles. The number of aromatic hydroxyl groups is 1. The average Bonchev–Trinajstić information content (AvgIpc) is 3.35. The Kier molecular flexibility index (Phi) is 3.62. The summed E-state index contributed by atoms with van der Waals surface area (Å²) in [6.45, 7) is 0. The van der Waals surface area contributed by atoms with Crippen LogP contribution < -0.4 is 4.74 Å². The minimum atomic E-state index is -2.31. The first kappa shape index (κ1) is 17.3. The van der Waals surface area contributed by atoms with Crippen LogP contribution in [-0.2, 0) is 24.7 Å². The van der Waals surface area contributed by atoms with E-state index in [-0.39, 0.29) is 17.1 Å². The molecular weight excluding hydrogens is 352 g/mol. The molecule has 1 heterocycles. The molecule has 1 fully saturated rings. The summed E-state index contributed by atoms with van der Waals surface area (Å²) in [5.41, 5.74) is -1.28. The van der Waals surface area contributed by atoms with Gasteiger partial charge in [-0.2, -0.15) is 0 Å². The second-order valence-electron chi connectivity index (χ2n) is 6.27. The van der Waals surface area contributed by atoms with Crippen LogP contribution in [0.5, 0.6) is 11.5 Å².